The average Bonchev–Trinajstić information content (AvgIpc) is 3.16. The molecule has 1 aromatic rings. The molecular weight excluding hydrogens is 472 g/mol. The lowest BCUT2D eigenvalue weighted by Crippen LogP contribution is -2.52. The van der Waals surface area contributed by atoms with Crippen molar-refractivity contribution in [1.29, 1.82) is 0 Å². The van der Waals surface area contributed by atoms with E-state index in [1.54, 1.807) is 17.0 Å². The summed E-state index contributed by atoms with van der Waals surface area (Å²) >= 11 is 0. The molecule has 1 unspecified atom stereocenters. The van der Waals surface area contributed by atoms with E-state index < -0.39 is 17.6 Å². The molecule has 0 radical (unpaired) electrons. The Kier molecular flexibility index (Phi) is 7.88. The predicted molar refractivity (Wildman–Crippen MR) is 137 cm³/mol. The van der Waals surface area contributed by atoms with Crippen LogP contribution in [0, 0.1) is 11.8 Å². The molecule has 4 amide bonds. The van der Waals surface area contributed by atoms with Gasteiger partial charge in [0.05, 0.1) is 0 Å². The quantitative estimate of drug-likeness (QED) is 0.476. The van der Waals surface area contributed by atoms with Crippen LogP contribution in [0.5, 0.6) is 0 Å². The molecule has 1 aromatic carbocycles. The normalized spacial score (nSPS) is 23.6. The SMILES string of the molecule is CC(C)(C)OC(=O)N(CCC#Cc1cccc2c1CN(C1CCC(=O)NC1=O)C2=O)C1CCC(N)CC1. The van der Waals surface area contributed by atoms with E-state index in [-0.39, 0.29) is 43.0 Å². The van der Waals surface area contributed by atoms with Crippen LogP contribution in [0.4, 0.5) is 4.79 Å². The van der Waals surface area contributed by atoms with E-state index >= 15 is 0 Å². The number of nitrogens with zero attached hydrogens (tertiary/aromatic N) is 2. The number of fused-ring (bicyclic) bond motifs is 1. The lowest BCUT2D eigenvalue weighted by molar-refractivity contribution is -0.136. The first kappa shape index (κ1) is 26.7. The number of carbonyl (C=O) groups is 4. The summed E-state index contributed by atoms with van der Waals surface area (Å²) in [5.41, 5.74) is 7.53. The lowest BCUT2D eigenvalue weighted by Gasteiger charge is -2.36. The van der Waals surface area contributed by atoms with Crippen LogP contribution in [0.3, 0.4) is 0 Å². The van der Waals surface area contributed by atoms with Crippen molar-refractivity contribution < 1.29 is 23.9 Å². The molecule has 4 rings (SSSR count). The molecule has 9 heteroatoms. The van der Waals surface area contributed by atoms with E-state index in [4.69, 9.17) is 10.5 Å². The van der Waals surface area contributed by atoms with Crippen molar-refractivity contribution >= 4 is 23.8 Å². The number of hydrogen-bond donors (Lipinski definition) is 2. The van der Waals surface area contributed by atoms with Gasteiger partial charge in [-0.25, -0.2) is 4.79 Å². The van der Waals surface area contributed by atoms with Gasteiger partial charge in [-0.3, -0.25) is 19.7 Å². The fourth-order valence-electron chi connectivity index (χ4n) is 5.19. The summed E-state index contributed by atoms with van der Waals surface area (Å²) in [5.74, 6) is 5.38. The van der Waals surface area contributed by atoms with Crippen LogP contribution < -0.4 is 11.1 Å². The second-order valence-corrected chi connectivity index (χ2v) is 11.0. The topological polar surface area (TPSA) is 122 Å². The van der Waals surface area contributed by atoms with Crippen molar-refractivity contribution in [2.75, 3.05) is 6.54 Å². The number of carbonyl (C=O) groups excluding carboxylic acids is 4. The van der Waals surface area contributed by atoms with Crippen LogP contribution in [0.2, 0.25) is 0 Å². The third-order valence-corrected chi connectivity index (χ3v) is 7.09. The molecule has 1 aliphatic carbocycles. The van der Waals surface area contributed by atoms with Gasteiger partial charge in [0, 0.05) is 49.1 Å². The molecule has 37 heavy (non-hydrogen) atoms. The van der Waals surface area contributed by atoms with Gasteiger partial charge in [-0.15, -0.1) is 0 Å². The number of rotatable bonds is 4. The Bertz CT molecular complexity index is 1140. The van der Waals surface area contributed by atoms with Gasteiger partial charge in [0.2, 0.25) is 11.8 Å². The summed E-state index contributed by atoms with van der Waals surface area (Å²) in [4.78, 5) is 53.1. The summed E-state index contributed by atoms with van der Waals surface area (Å²) in [6, 6.07) is 4.99. The van der Waals surface area contributed by atoms with Crippen molar-refractivity contribution in [2.24, 2.45) is 5.73 Å². The molecule has 3 aliphatic rings. The first-order valence-electron chi connectivity index (χ1n) is 13.0. The summed E-state index contributed by atoms with van der Waals surface area (Å²) in [7, 11) is 0. The van der Waals surface area contributed by atoms with Crippen molar-refractivity contribution in [3.8, 4) is 11.8 Å². The minimum absolute atomic E-state index is 0.0807. The Labute approximate surface area is 218 Å². The summed E-state index contributed by atoms with van der Waals surface area (Å²) in [6.07, 6.45) is 4.10. The van der Waals surface area contributed by atoms with Gasteiger partial charge in [0.1, 0.15) is 11.6 Å². The third kappa shape index (κ3) is 6.31. The summed E-state index contributed by atoms with van der Waals surface area (Å²) < 4.78 is 5.66. The highest BCUT2D eigenvalue weighted by molar-refractivity contribution is 6.05. The molecule has 1 atom stereocenters. The van der Waals surface area contributed by atoms with Crippen LogP contribution in [-0.2, 0) is 20.9 Å². The number of piperidine rings is 1. The lowest BCUT2D eigenvalue weighted by atomic mass is 9.91. The molecule has 198 valence electrons. The molecule has 1 saturated carbocycles. The van der Waals surface area contributed by atoms with E-state index in [0.717, 1.165) is 36.8 Å². The Balaban J connectivity index is 1.45. The highest BCUT2D eigenvalue weighted by atomic mass is 16.6. The Hall–Kier alpha value is -3.38. The van der Waals surface area contributed by atoms with Crippen molar-refractivity contribution in [3.63, 3.8) is 0 Å². The van der Waals surface area contributed by atoms with E-state index in [1.165, 1.54) is 4.90 Å². The van der Waals surface area contributed by atoms with Crippen LogP contribution in [-0.4, -0.2) is 63.9 Å². The average molecular weight is 509 g/mol. The standard InChI is InChI=1S/C28H36N4O5/c1-28(2,3)37-27(36)31(20-12-10-19(29)11-13-20)16-5-4-7-18-8-6-9-21-22(18)17-32(26(21)35)23-14-15-24(33)30-25(23)34/h6,8-9,19-20,23H,5,10-17,29H2,1-3H3,(H,30,33,34). The number of imide groups is 1. The van der Waals surface area contributed by atoms with Crippen LogP contribution >= 0.6 is 0 Å². The maximum atomic E-state index is 13.0. The third-order valence-electron chi connectivity index (χ3n) is 7.09. The Morgan fingerprint density at radius 2 is 1.89 bits per heavy atom. The summed E-state index contributed by atoms with van der Waals surface area (Å²) in [6.45, 7) is 6.29. The van der Waals surface area contributed by atoms with Crippen LogP contribution in [0.25, 0.3) is 0 Å². The largest absolute Gasteiger partial charge is 0.444 e. The first-order chi connectivity index (χ1) is 17.5. The second-order valence-electron chi connectivity index (χ2n) is 11.0. The van der Waals surface area contributed by atoms with E-state index in [1.807, 2.05) is 26.8 Å². The zero-order chi connectivity index (χ0) is 26.7. The number of amides is 4. The smallest absolute Gasteiger partial charge is 0.410 e. The summed E-state index contributed by atoms with van der Waals surface area (Å²) in [5, 5.41) is 2.32. The Morgan fingerprint density at radius 3 is 2.57 bits per heavy atom. The fraction of sp³-hybridized carbons (Fsp3) is 0.571. The fourth-order valence-corrected chi connectivity index (χ4v) is 5.19. The van der Waals surface area contributed by atoms with Crippen LogP contribution in [0.15, 0.2) is 18.2 Å². The van der Waals surface area contributed by atoms with E-state index in [2.05, 4.69) is 17.2 Å². The monoisotopic (exact) mass is 508 g/mol. The van der Waals surface area contributed by atoms with Gasteiger partial charge in [-0.2, -0.15) is 0 Å². The molecule has 0 aromatic heterocycles. The van der Waals surface area contributed by atoms with Gasteiger partial charge >= 0.3 is 6.09 Å². The van der Waals surface area contributed by atoms with Gasteiger partial charge in [0.15, 0.2) is 0 Å². The molecule has 1 saturated heterocycles. The zero-order valence-electron chi connectivity index (χ0n) is 21.8. The number of benzene rings is 1. The van der Waals surface area contributed by atoms with Gasteiger partial charge in [-0.1, -0.05) is 17.9 Å². The van der Waals surface area contributed by atoms with Gasteiger partial charge < -0.3 is 20.3 Å². The number of hydrogen-bond acceptors (Lipinski definition) is 6. The van der Waals surface area contributed by atoms with Crippen molar-refractivity contribution in [2.45, 2.75) is 96.0 Å². The molecular formula is C28H36N4O5. The van der Waals surface area contributed by atoms with E-state index in [0.29, 0.717) is 24.9 Å². The molecule has 2 fully saturated rings. The van der Waals surface area contributed by atoms with Crippen LogP contribution in [0.1, 0.15) is 87.2 Å². The second kappa shape index (κ2) is 10.9. The molecule has 0 bridgehead atoms. The molecule has 9 nitrogen and oxygen atoms in total. The number of ether oxygens (including phenoxy) is 1. The molecule has 0 spiro atoms. The van der Waals surface area contributed by atoms with Crippen molar-refractivity contribution in [3.05, 3.63) is 34.9 Å². The minimum atomic E-state index is -0.663. The van der Waals surface area contributed by atoms with Gasteiger partial charge in [-0.05, 0) is 70.6 Å². The number of nitrogens with two attached hydrogens (primary N) is 1. The first-order valence-corrected chi connectivity index (χ1v) is 13.0. The van der Waals surface area contributed by atoms with Crippen molar-refractivity contribution in [1.82, 2.24) is 15.1 Å². The zero-order valence-corrected chi connectivity index (χ0v) is 21.8. The molecule has 2 heterocycles. The molecule has 2 aliphatic heterocycles. The number of nitrogens with one attached hydrogen (secondary N) is 1. The predicted octanol–water partition coefficient (Wildman–Crippen LogP) is 2.70. The maximum Gasteiger partial charge on any atom is 0.410 e. The van der Waals surface area contributed by atoms with Gasteiger partial charge in [0.25, 0.3) is 5.91 Å². The highest BCUT2D eigenvalue weighted by Gasteiger charge is 2.39. The Morgan fingerprint density at radius 1 is 1.16 bits per heavy atom. The minimum Gasteiger partial charge on any atom is -0.444 e. The maximum absolute atomic E-state index is 13.0. The highest BCUT2D eigenvalue weighted by Crippen LogP contribution is 2.29. The molecule has 3 N–H and O–H groups in total. The van der Waals surface area contributed by atoms with E-state index in [9.17, 15) is 19.2 Å².